The molecule has 0 saturated heterocycles. The maximum atomic E-state index is 2.47. The van der Waals surface area contributed by atoms with E-state index in [0.29, 0.717) is 0 Å². The summed E-state index contributed by atoms with van der Waals surface area (Å²) in [5.41, 5.74) is 28.7. The van der Waals surface area contributed by atoms with E-state index in [-0.39, 0.29) is 5.41 Å². The molecule has 0 heterocycles. The molecule has 1 unspecified atom stereocenters. The Labute approximate surface area is 416 Å². The number of nitrogens with zero attached hydrogens (tertiary/aromatic N) is 1. The molecule has 0 N–H and O–H groups in total. The van der Waals surface area contributed by atoms with Gasteiger partial charge in [0.2, 0.25) is 0 Å². The molecule has 14 rings (SSSR count). The van der Waals surface area contributed by atoms with Crippen LogP contribution in [0, 0.1) is 0 Å². The van der Waals surface area contributed by atoms with Crippen LogP contribution in [0.25, 0.3) is 77.9 Å². The van der Waals surface area contributed by atoms with Gasteiger partial charge in [-0.25, -0.2) is 0 Å². The van der Waals surface area contributed by atoms with Gasteiger partial charge >= 0.3 is 0 Å². The van der Waals surface area contributed by atoms with Crippen molar-refractivity contribution in [3.05, 3.63) is 294 Å². The highest BCUT2D eigenvalue weighted by atomic mass is 15.1. The Morgan fingerprint density at radius 3 is 1.18 bits per heavy atom. The Hall–Kier alpha value is -8.78. The molecule has 0 aromatic heterocycles. The van der Waals surface area contributed by atoms with Crippen LogP contribution in [0.5, 0.6) is 0 Å². The Bertz CT molecular complexity index is 3860. The van der Waals surface area contributed by atoms with Crippen LogP contribution in [0.2, 0.25) is 0 Å². The Morgan fingerprint density at radius 1 is 0.239 bits per heavy atom. The molecule has 334 valence electrons. The maximum Gasteiger partial charge on any atom is 0.0725 e. The Morgan fingerprint density at radius 2 is 0.606 bits per heavy atom. The average molecular weight is 904 g/mol. The highest BCUT2D eigenvalue weighted by molar-refractivity contribution is 6.01. The normalized spacial score (nSPS) is 15.1. The van der Waals surface area contributed by atoms with Crippen LogP contribution in [0.3, 0.4) is 0 Å². The second-order valence-corrected chi connectivity index (χ2v) is 19.9. The Kier molecular flexibility index (Phi) is 9.22. The minimum Gasteiger partial charge on any atom is -0.311 e. The second kappa shape index (κ2) is 15.9. The second-order valence-electron chi connectivity index (χ2n) is 19.9. The first-order valence-corrected chi connectivity index (χ1v) is 24.9. The molecule has 0 saturated carbocycles. The predicted molar refractivity (Wildman–Crippen MR) is 297 cm³/mol. The largest absolute Gasteiger partial charge is 0.311 e. The average Bonchev–Trinajstić information content (AvgIpc) is 4.01. The van der Waals surface area contributed by atoms with Crippen molar-refractivity contribution in [1.82, 2.24) is 0 Å². The van der Waals surface area contributed by atoms with E-state index in [1.807, 2.05) is 0 Å². The topological polar surface area (TPSA) is 3.24 Å². The van der Waals surface area contributed by atoms with E-state index in [4.69, 9.17) is 0 Å². The molecule has 3 aliphatic carbocycles. The molecule has 0 bridgehead atoms. The van der Waals surface area contributed by atoms with Crippen molar-refractivity contribution < 1.29 is 0 Å². The summed E-state index contributed by atoms with van der Waals surface area (Å²) in [5, 5.41) is 0. The first-order chi connectivity index (χ1) is 35.0. The molecule has 0 fully saturated rings. The van der Waals surface area contributed by atoms with E-state index in [9.17, 15) is 0 Å². The third-order valence-corrected chi connectivity index (χ3v) is 15.9. The molecule has 0 aliphatic heterocycles. The number of anilines is 3. The lowest BCUT2D eigenvalue weighted by atomic mass is 9.70. The van der Waals surface area contributed by atoms with Crippen LogP contribution in [0.4, 0.5) is 17.1 Å². The van der Waals surface area contributed by atoms with E-state index >= 15 is 0 Å². The van der Waals surface area contributed by atoms with Gasteiger partial charge in [-0.05, 0) is 154 Å². The fourth-order valence-electron chi connectivity index (χ4n) is 12.7. The lowest BCUT2D eigenvalue weighted by Crippen LogP contribution is -2.25. The lowest BCUT2D eigenvalue weighted by Gasteiger charge is -2.31. The summed E-state index contributed by atoms with van der Waals surface area (Å²) in [6, 6.07) is 97.1. The summed E-state index contributed by atoms with van der Waals surface area (Å²) in [4.78, 5) is 2.40. The number of hydrogen-bond acceptors (Lipinski definition) is 1. The van der Waals surface area contributed by atoms with Gasteiger partial charge in [0.1, 0.15) is 0 Å². The van der Waals surface area contributed by atoms with Crippen LogP contribution in [0.1, 0.15) is 47.2 Å². The molecule has 1 nitrogen and oxygen atoms in total. The summed E-state index contributed by atoms with van der Waals surface area (Å²) in [7, 11) is 0. The van der Waals surface area contributed by atoms with Gasteiger partial charge in [-0.15, -0.1) is 0 Å². The zero-order valence-electron chi connectivity index (χ0n) is 39.8. The molecular weight excluding hydrogens is 855 g/mol. The van der Waals surface area contributed by atoms with Crippen molar-refractivity contribution in [3.8, 4) is 77.9 Å². The summed E-state index contributed by atoms with van der Waals surface area (Å²) in [6.45, 7) is 4.71. The van der Waals surface area contributed by atoms with E-state index in [2.05, 4.69) is 280 Å². The van der Waals surface area contributed by atoms with Crippen molar-refractivity contribution in [3.63, 3.8) is 0 Å². The van der Waals surface area contributed by atoms with Crippen molar-refractivity contribution in [2.24, 2.45) is 0 Å². The summed E-state index contributed by atoms with van der Waals surface area (Å²) in [5.74, 6) is 0. The molecule has 1 atom stereocenters. The molecule has 0 amide bonds. The summed E-state index contributed by atoms with van der Waals surface area (Å²) >= 11 is 0. The zero-order chi connectivity index (χ0) is 47.3. The van der Waals surface area contributed by atoms with E-state index in [1.165, 1.54) is 111 Å². The first-order valence-electron chi connectivity index (χ1n) is 24.9. The molecular formula is C70H49N. The zero-order valence-corrected chi connectivity index (χ0v) is 39.8. The number of fused-ring (bicyclic) bond motifs is 13. The van der Waals surface area contributed by atoms with Crippen LogP contribution in [-0.4, -0.2) is 0 Å². The molecule has 0 radical (unpaired) electrons. The minimum atomic E-state index is -0.452. The molecule has 1 spiro atoms. The lowest BCUT2D eigenvalue weighted by molar-refractivity contribution is 0.660. The fraction of sp³-hybridized carbons (Fsp3) is 0.0571. The smallest absolute Gasteiger partial charge is 0.0725 e. The first kappa shape index (κ1) is 41.2. The third-order valence-electron chi connectivity index (χ3n) is 15.9. The van der Waals surface area contributed by atoms with E-state index in [1.54, 1.807) is 0 Å². The van der Waals surface area contributed by atoms with E-state index in [0.717, 1.165) is 17.1 Å². The SMILES string of the molecule is CC1(C)c2ccccc2-c2c(-c3ccc(N(c4ccc(-c5ccccc5)cc4)c4ccc(-c5cccc6c5-c5ccccc5C65c6ccccc6-c6ccc(-c7ccccc7)cc65)cc4)cc3)cccc21. The van der Waals surface area contributed by atoms with E-state index < -0.39 is 5.41 Å². The van der Waals surface area contributed by atoms with Crippen molar-refractivity contribution in [1.29, 1.82) is 0 Å². The van der Waals surface area contributed by atoms with Crippen LogP contribution < -0.4 is 4.90 Å². The van der Waals surface area contributed by atoms with Crippen molar-refractivity contribution in [2.45, 2.75) is 24.7 Å². The molecule has 71 heavy (non-hydrogen) atoms. The van der Waals surface area contributed by atoms with Crippen LogP contribution in [-0.2, 0) is 10.8 Å². The highest BCUT2D eigenvalue weighted by Gasteiger charge is 2.52. The Balaban J connectivity index is 0.888. The third kappa shape index (κ3) is 6.13. The number of rotatable bonds is 7. The van der Waals surface area contributed by atoms with Crippen LogP contribution in [0.15, 0.2) is 261 Å². The summed E-state index contributed by atoms with van der Waals surface area (Å²) in [6.07, 6.45) is 0. The highest BCUT2D eigenvalue weighted by Crippen LogP contribution is 2.64. The summed E-state index contributed by atoms with van der Waals surface area (Å²) < 4.78 is 0. The molecule has 11 aromatic rings. The molecule has 3 aliphatic rings. The van der Waals surface area contributed by atoms with Gasteiger partial charge < -0.3 is 4.90 Å². The van der Waals surface area contributed by atoms with Gasteiger partial charge in [0.25, 0.3) is 0 Å². The van der Waals surface area contributed by atoms with Crippen LogP contribution >= 0.6 is 0 Å². The van der Waals surface area contributed by atoms with Gasteiger partial charge in [-0.2, -0.15) is 0 Å². The number of hydrogen-bond donors (Lipinski definition) is 0. The van der Waals surface area contributed by atoms with Crippen molar-refractivity contribution >= 4 is 17.1 Å². The van der Waals surface area contributed by atoms with Crippen molar-refractivity contribution in [2.75, 3.05) is 4.90 Å². The van der Waals surface area contributed by atoms with Gasteiger partial charge in [-0.1, -0.05) is 232 Å². The maximum absolute atomic E-state index is 2.47. The van der Waals surface area contributed by atoms with Gasteiger partial charge in [0.05, 0.1) is 5.41 Å². The quantitative estimate of drug-likeness (QED) is 0.154. The molecule has 11 aromatic carbocycles. The van der Waals surface area contributed by atoms with Gasteiger partial charge in [0, 0.05) is 22.5 Å². The number of benzene rings is 11. The fourth-order valence-corrected chi connectivity index (χ4v) is 12.7. The standard InChI is InChI=1S/C70H49N/c1-69(2)61-26-12-10-22-59(61)67-55(24-15-29-64(67)69)49-33-40-53(41-34-49)71(52-38-31-48(32-39-52)46-17-5-3-6-18-46)54-42-35-50(36-43-54)56-25-16-30-65-68(56)60-23-11-14-28-63(60)70(65)62-27-13-9-21-57(62)58-44-37-51(45-66(58)70)47-19-7-4-8-20-47/h3-45H,1-2H3. The monoisotopic (exact) mass is 903 g/mol. The van der Waals surface area contributed by atoms with Gasteiger partial charge in [0.15, 0.2) is 0 Å². The minimum absolute atomic E-state index is 0.0542. The molecule has 1 heteroatoms. The van der Waals surface area contributed by atoms with Gasteiger partial charge in [-0.3, -0.25) is 0 Å². The predicted octanol–water partition coefficient (Wildman–Crippen LogP) is 18.5.